The number of esters is 2. The number of hydrogen-bond acceptors (Lipinski definition) is 10. The molecular formula is C37H41N3O8. The van der Waals surface area contributed by atoms with Crippen LogP contribution in [0.3, 0.4) is 0 Å². The van der Waals surface area contributed by atoms with Crippen molar-refractivity contribution in [1.82, 2.24) is 4.98 Å². The lowest BCUT2D eigenvalue weighted by atomic mass is 9.75. The van der Waals surface area contributed by atoms with E-state index in [9.17, 15) is 19.7 Å². The minimum absolute atomic E-state index is 0.0260. The van der Waals surface area contributed by atoms with E-state index in [-0.39, 0.29) is 24.5 Å². The normalized spacial score (nSPS) is 16.6. The Hall–Kier alpha value is -5.16. The summed E-state index contributed by atoms with van der Waals surface area (Å²) >= 11 is 0. The molecule has 48 heavy (non-hydrogen) atoms. The molecule has 0 N–H and O–H groups in total. The Labute approximate surface area is 280 Å². The van der Waals surface area contributed by atoms with Crippen LogP contribution in [0.2, 0.25) is 0 Å². The molecule has 11 heteroatoms. The fourth-order valence-corrected chi connectivity index (χ4v) is 5.40. The third-order valence-electron chi connectivity index (χ3n) is 7.61. The summed E-state index contributed by atoms with van der Waals surface area (Å²) in [6.07, 6.45) is 5.37. The van der Waals surface area contributed by atoms with Crippen LogP contribution in [0.5, 0.6) is 11.5 Å². The van der Waals surface area contributed by atoms with E-state index in [0.29, 0.717) is 41.7 Å². The molecule has 2 atom stereocenters. The van der Waals surface area contributed by atoms with Gasteiger partial charge >= 0.3 is 11.9 Å². The average Bonchev–Trinajstić information content (AvgIpc) is 3.05. The van der Waals surface area contributed by atoms with E-state index in [0.717, 1.165) is 11.1 Å². The molecule has 4 rings (SSSR count). The van der Waals surface area contributed by atoms with Crippen molar-refractivity contribution in [3.63, 3.8) is 0 Å². The number of pyridine rings is 1. The van der Waals surface area contributed by atoms with Gasteiger partial charge in [0.1, 0.15) is 17.4 Å². The number of aliphatic imine (C=N–C) groups is 1. The predicted molar refractivity (Wildman–Crippen MR) is 182 cm³/mol. The van der Waals surface area contributed by atoms with E-state index in [1.54, 1.807) is 39.2 Å². The number of aromatic nitrogens is 1. The molecule has 0 saturated carbocycles. The molecule has 0 bridgehead atoms. The van der Waals surface area contributed by atoms with Crippen LogP contribution in [0.15, 0.2) is 94.9 Å². The maximum atomic E-state index is 13.7. The maximum absolute atomic E-state index is 13.7. The zero-order valence-corrected chi connectivity index (χ0v) is 28.1. The molecule has 3 aromatic rings. The minimum atomic E-state index is -0.950. The van der Waals surface area contributed by atoms with Gasteiger partial charge in [0.15, 0.2) is 0 Å². The van der Waals surface area contributed by atoms with E-state index in [2.05, 4.69) is 9.98 Å². The van der Waals surface area contributed by atoms with Crippen molar-refractivity contribution in [3.8, 4) is 11.5 Å². The molecule has 2 heterocycles. The largest absolute Gasteiger partial charge is 0.465 e. The van der Waals surface area contributed by atoms with Gasteiger partial charge in [-0.15, -0.1) is 0 Å². The van der Waals surface area contributed by atoms with Gasteiger partial charge in [0.05, 0.1) is 43.1 Å². The van der Waals surface area contributed by atoms with Crippen molar-refractivity contribution in [1.29, 1.82) is 0 Å². The van der Waals surface area contributed by atoms with Gasteiger partial charge < -0.3 is 18.9 Å². The zero-order chi connectivity index (χ0) is 34.8. The number of carbonyl (C=O) groups is 2. The van der Waals surface area contributed by atoms with E-state index < -0.39 is 34.1 Å². The number of allylic oxidation sites excluding steroid dienone is 1. The van der Waals surface area contributed by atoms with Gasteiger partial charge in [0, 0.05) is 41.1 Å². The molecule has 0 aliphatic carbocycles. The van der Waals surface area contributed by atoms with E-state index >= 15 is 0 Å². The molecule has 2 aromatic carbocycles. The number of carbonyl (C=O) groups excluding carboxylic acids is 2. The van der Waals surface area contributed by atoms with E-state index in [4.69, 9.17) is 18.9 Å². The Balaban J connectivity index is 1.40. The second kappa shape index (κ2) is 16.1. The van der Waals surface area contributed by atoms with Crippen LogP contribution in [0.25, 0.3) is 6.08 Å². The van der Waals surface area contributed by atoms with Crippen molar-refractivity contribution >= 4 is 29.4 Å². The van der Waals surface area contributed by atoms with Gasteiger partial charge in [0.2, 0.25) is 0 Å². The summed E-state index contributed by atoms with van der Waals surface area (Å²) in [5.41, 5.74) is 2.70. The molecule has 0 amide bonds. The summed E-state index contributed by atoms with van der Waals surface area (Å²) in [5, 5.41) is 11.6. The SMILES string of the molecule is CCOC(=O)C1C(C)=NC(C)=C(C(=O)OCC(C)(C)COCC(C)=Cc2ccc(Oc3cccnc3)cc2)C1c1cccc([N+](=O)[O-])c1. The molecule has 1 aromatic heterocycles. The van der Waals surface area contributed by atoms with Crippen molar-refractivity contribution in [2.45, 2.75) is 47.5 Å². The first-order chi connectivity index (χ1) is 22.9. The Morgan fingerprint density at radius 2 is 1.75 bits per heavy atom. The van der Waals surface area contributed by atoms with Crippen LogP contribution >= 0.6 is 0 Å². The highest BCUT2D eigenvalue weighted by atomic mass is 16.6. The molecule has 0 radical (unpaired) electrons. The molecule has 252 valence electrons. The first-order valence-electron chi connectivity index (χ1n) is 15.7. The standard InChI is InChI=1S/C37H41N3O8/c1-7-46-35(41)32-25(3)39-26(4)33(34(32)28-10-8-11-29(19-28)40(43)44)36(42)47-23-37(5,6)22-45-21-24(2)18-27-13-15-30(16-14-27)48-31-12-9-17-38-20-31/h8-20,32,34H,7,21-23H2,1-6H3. The number of nitro benzene ring substituents is 1. The Bertz CT molecular complexity index is 1710. The minimum Gasteiger partial charge on any atom is -0.465 e. The lowest BCUT2D eigenvalue weighted by molar-refractivity contribution is -0.384. The summed E-state index contributed by atoms with van der Waals surface area (Å²) in [4.78, 5) is 46.4. The molecule has 0 spiro atoms. The van der Waals surface area contributed by atoms with Gasteiger partial charge in [-0.1, -0.05) is 44.2 Å². The Kier molecular flexibility index (Phi) is 12.0. The van der Waals surface area contributed by atoms with Crippen LogP contribution in [-0.2, 0) is 23.8 Å². The molecule has 11 nitrogen and oxygen atoms in total. The van der Waals surface area contributed by atoms with Crippen molar-refractivity contribution in [3.05, 3.63) is 111 Å². The molecule has 1 aliphatic rings. The maximum Gasteiger partial charge on any atom is 0.336 e. The molecule has 0 fully saturated rings. The summed E-state index contributed by atoms with van der Waals surface area (Å²) in [7, 11) is 0. The number of nitro groups is 1. The number of nitrogens with zero attached hydrogens (tertiary/aromatic N) is 3. The first kappa shape index (κ1) is 35.7. The van der Waals surface area contributed by atoms with Crippen LogP contribution in [-0.4, -0.2) is 54.0 Å². The lowest BCUT2D eigenvalue weighted by Crippen LogP contribution is -2.37. The second-order valence-electron chi connectivity index (χ2n) is 12.4. The van der Waals surface area contributed by atoms with Crippen LogP contribution in [0.1, 0.15) is 58.6 Å². The second-order valence-corrected chi connectivity index (χ2v) is 12.4. The molecule has 1 aliphatic heterocycles. The molecule has 2 unspecified atom stereocenters. The van der Waals surface area contributed by atoms with Crippen molar-refractivity contribution in [2.24, 2.45) is 16.3 Å². The Morgan fingerprint density at radius 3 is 2.42 bits per heavy atom. The molecular weight excluding hydrogens is 614 g/mol. The van der Waals surface area contributed by atoms with Gasteiger partial charge in [-0.3, -0.25) is 24.9 Å². The van der Waals surface area contributed by atoms with Crippen LogP contribution in [0.4, 0.5) is 5.69 Å². The highest BCUT2D eigenvalue weighted by Gasteiger charge is 2.43. The number of ether oxygens (including phenoxy) is 4. The highest BCUT2D eigenvalue weighted by Crippen LogP contribution is 2.41. The average molecular weight is 656 g/mol. The fourth-order valence-electron chi connectivity index (χ4n) is 5.40. The fraction of sp³-hybridized carbons (Fsp3) is 0.351. The number of rotatable bonds is 14. The van der Waals surface area contributed by atoms with Crippen LogP contribution < -0.4 is 4.74 Å². The zero-order valence-electron chi connectivity index (χ0n) is 28.1. The van der Waals surface area contributed by atoms with Gasteiger partial charge in [0.25, 0.3) is 5.69 Å². The van der Waals surface area contributed by atoms with E-state index in [1.165, 1.54) is 18.2 Å². The monoisotopic (exact) mass is 655 g/mol. The number of non-ortho nitro benzene ring substituents is 1. The summed E-state index contributed by atoms with van der Waals surface area (Å²) < 4.78 is 22.9. The quantitative estimate of drug-likeness (QED) is 0.0982. The summed E-state index contributed by atoms with van der Waals surface area (Å²) in [6.45, 7) is 11.7. The van der Waals surface area contributed by atoms with E-state index in [1.807, 2.05) is 63.2 Å². The van der Waals surface area contributed by atoms with Gasteiger partial charge in [-0.05, 0) is 68.7 Å². The summed E-state index contributed by atoms with van der Waals surface area (Å²) in [6, 6.07) is 17.3. The highest BCUT2D eigenvalue weighted by molar-refractivity contribution is 6.07. The Morgan fingerprint density at radius 1 is 1.00 bits per heavy atom. The number of benzene rings is 2. The third-order valence-corrected chi connectivity index (χ3v) is 7.61. The smallest absolute Gasteiger partial charge is 0.336 e. The predicted octanol–water partition coefficient (Wildman–Crippen LogP) is 7.48. The number of hydrogen-bond donors (Lipinski definition) is 0. The third kappa shape index (κ3) is 9.45. The van der Waals surface area contributed by atoms with Crippen LogP contribution in [0, 0.1) is 21.4 Å². The first-order valence-corrected chi connectivity index (χ1v) is 15.7. The summed E-state index contributed by atoms with van der Waals surface area (Å²) in [5.74, 6) is -1.68. The molecule has 0 saturated heterocycles. The topological polar surface area (TPSA) is 139 Å². The van der Waals surface area contributed by atoms with Crippen molar-refractivity contribution in [2.75, 3.05) is 26.4 Å². The van der Waals surface area contributed by atoms with Gasteiger partial charge in [-0.2, -0.15) is 0 Å². The van der Waals surface area contributed by atoms with Gasteiger partial charge in [-0.25, -0.2) is 4.79 Å². The lowest BCUT2D eigenvalue weighted by Gasteiger charge is -2.32. The van der Waals surface area contributed by atoms with Crippen molar-refractivity contribution < 1.29 is 33.5 Å².